The molecule has 5 aromatic carbocycles. The topological polar surface area (TPSA) is 460 Å². The van der Waals surface area contributed by atoms with Crippen LogP contribution in [0.1, 0.15) is 115 Å². The predicted octanol–water partition coefficient (Wildman–Crippen LogP) is 3.28. The summed E-state index contributed by atoms with van der Waals surface area (Å²) in [6.07, 6.45) is 1.72. The van der Waals surface area contributed by atoms with Crippen LogP contribution in [0.4, 0.5) is 0 Å². The molecule has 1 aromatic heterocycles. The number of H-pyrrole nitrogens is 1. The second-order valence-electron chi connectivity index (χ2n) is 22.4. The number of guanidine groups is 3. The number of nitrogens with two attached hydrogens (primary N) is 3. The summed E-state index contributed by atoms with van der Waals surface area (Å²) < 4.78 is 22.1. The van der Waals surface area contributed by atoms with E-state index in [-0.39, 0.29) is 153 Å². The number of benzene rings is 5. The molecular weight excluding hydrogens is 1220 g/mol. The van der Waals surface area contributed by atoms with Crippen molar-refractivity contribution in [2.75, 3.05) is 48.1 Å². The third-order valence-corrected chi connectivity index (χ3v) is 15.4. The minimum absolute atomic E-state index is 0.0362. The molecule has 0 saturated heterocycles. The molecule has 28 heteroatoms. The zero-order valence-corrected chi connectivity index (χ0v) is 53.5. The molecular formula is C67H82N14O14. The Bertz CT molecular complexity index is 3830. The normalized spacial score (nSPS) is 12.1. The van der Waals surface area contributed by atoms with Gasteiger partial charge in [0.25, 0.3) is 23.6 Å². The maximum absolute atomic E-state index is 14.5. The summed E-state index contributed by atoms with van der Waals surface area (Å²) in [5.74, 6) is -6.21. The Balaban J connectivity index is 1.21. The molecule has 0 aliphatic carbocycles. The van der Waals surface area contributed by atoms with Crippen molar-refractivity contribution in [3.8, 4) is 23.0 Å². The number of fused-ring (bicyclic) bond motifs is 1. The number of Topliss-reactive ketones (excluding diaryl/α,β-unsaturated/α-hetero) is 4. The highest BCUT2D eigenvalue weighted by molar-refractivity contribution is 6.04. The molecule has 28 nitrogen and oxygen atoms in total. The van der Waals surface area contributed by atoms with E-state index in [0.29, 0.717) is 34.2 Å². The number of ketones is 4. The summed E-state index contributed by atoms with van der Waals surface area (Å²) in [7, 11) is 5.38. The van der Waals surface area contributed by atoms with Crippen LogP contribution in [0, 0.1) is 16.2 Å². The summed E-state index contributed by atoms with van der Waals surface area (Å²) in [6, 6.07) is 20.6. The van der Waals surface area contributed by atoms with Crippen LogP contribution in [0.2, 0.25) is 0 Å². The van der Waals surface area contributed by atoms with E-state index in [1.165, 1.54) is 77.8 Å². The number of hydrogen-bond donors (Lipinski definition) is 15. The number of carbonyl (C=O) groups excluding carboxylic acids is 8. The summed E-state index contributed by atoms with van der Waals surface area (Å²) in [5, 5.41) is 52.9. The minimum Gasteiger partial charge on any atom is -0.496 e. The number of aliphatic carboxylic acids is 1. The maximum atomic E-state index is 14.5. The molecule has 0 bridgehead atoms. The van der Waals surface area contributed by atoms with Crippen LogP contribution >= 0.6 is 0 Å². The van der Waals surface area contributed by atoms with E-state index in [2.05, 4.69) is 42.2 Å². The highest BCUT2D eigenvalue weighted by Crippen LogP contribution is 2.27. The maximum Gasteiger partial charge on any atom is 0.326 e. The van der Waals surface area contributed by atoms with Crippen molar-refractivity contribution in [3.63, 3.8) is 0 Å². The van der Waals surface area contributed by atoms with Gasteiger partial charge in [-0.05, 0) is 128 Å². The van der Waals surface area contributed by atoms with Gasteiger partial charge in [-0.1, -0.05) is 42.5 Å². The molecule has 1 heterocycles. The number of carboxylic acids is 1. The highest BCUT2D eigenvalue weighted by Gasteiger charge is 2.30. The van der Waals surface area contributed by atoms with Crippen LogP contribution in [-0.2, 0) is 56.1 Å². The number of rotatable bonds is 38. The van der Waals surface area contributed by atoms with Crippen molar-refractivity contribution in [2.24, 2.45) is 17.2 Å². The number of aromatic amines is 1. The lowest BCUT2D eigenvalue weighted by atomic mass is 9.96. The van der Waals surface area contributed by atoms with Gasteiger partial charge >= 0.3 is 5.97 Å². The highest BCUT2D eigenvalue weighted by atomic mass is 16.5. The van der Waals surface area contributed by atoms with E-state index in [4.69, 9.17) is 52.4 Å². The van der Waals surface area contributed by atoms with Crippen molar-refractivity contribution in [2.45, 2.75) is 102 Å². The third kappa shape index (κ3) is 21.6. The van der Waals surface area contributed by atoms with Gasteiger partial charge in [0.1, 0.15) is 34.8 Å². The Hall–Kier alpha value is -11.3. The van der Waals surface area contributed by atoms with E-state index in [9.17, 15) is 48.3 Å². The van der Waals surface area contributed by atoms with Gasteiger partial charge in [0, 0.05) is 68.8 Å². The second kappa shape index (κ2) is 35.5. The molecule has 0 unspecified atom stereocenters. The van der Waals surface area contributed by atoms with Crippen LogP contribution in [0.15, 0.2) is 103 Å². The first-order valence-electron chi connectivity index (χ1n) is 30.4. The number of carbonyl (C=O) groups is 9. The average Bonchev–Trinajstić information content (AvgIpc) is 1.87. The Morgan fingerprint density at radius 3 is 1.08 bits per heavy atom. The number of amides is 4. The van der Waals surface area contributed by atoms with Gasteiger partial charge in [0.15, 0.2) is 35.2 Å². The zero-order chi connectivity index (χ0) is 69.3. The number of aromatic nitrogens is 1. The van der Waals surface area contributed by atoms with Crippen LogP contribution in [0.5, 0.6) is 23.0 Å². The predicted molar refractivity (Wildman–Crippen MR) is 355 cm³/mol. The standard InChI is InChI=1S/C67H82N14O14/c1-37(82)27-38-16-20-56(92-2)44(28-38)60(86)78-49(13-8-24-74-65(68)69)53(83)32-39-17-21-57(93-3)45(29-39)61(87)79-50(14-9-25-75-66(70)71)54(84)33-40-18-22-58(94-4)46(30-40)62(88)80-51(15-10-26-76-67(72)73)55(85)34-41-19-23-59(95-5)47(31-41)63(89)81-52(64(90)91)35-42-36-77-48-12-7-6-11-43(42)48/h6-7,11-12,16-23,28-31,36,49-52,77H,8-10,13-15,24-27,32-35H2,1-5H3,(H,78,86)(H,79,87)(H,80,88)(H,81,89)(H,90,91)(H4,68,69,74)(H4,70,71,75)(H4,72,73,76)/t49-,50-,51-,52-/m0/s1. The number of ether oxygens (including phenoxy) is 4. The molecule has 6 rings (SSSR count). The van der Waals surface area contributed by atoms with Gasteiger partial charge in [-0.25, -0.2) is 4.79 Å². The lowest BCUT2D eigenvalue weighted by molar-refractivity contribution is -0.139. The first kappa shape index (κ1) is 72.7. The van der Waals surface area contributed by atoms with Crippen LogP contribution < -0.4 is 73.4 Å². The van der Waals surface area contributed by atoms with Crippen LogP contribution in [-0.4, -0.2) is 153 Å². The van der Waals surface area contributed by atoms with E-state index in [0.717, 1.165) is 10.9 Å². The van der Waals surface area contributed by atoms with Crippen molar-refractivity contribution in [1.29, 1.82) is 16.2 Å². The molecule has 4 atom stereocenters. The fourth-order valence-corrected chi connectivity index (χ4v) is 10.6. The lowest BCUT2D eigenvalue weighted by Gasteiger charge is -2.21. The summed E-state index contributed by atoms with van der Waals surface area (Å²) in [5.41, 5.74) is 19.5. The van der Waals surface area contributed by atoms with E-state index in [1.54, 1.807) is 36.5 Å². The smallest absolute Gasteiger partial charge is 0.326 e. The molecule has 0 fully saturated rings. The molecule has 0 radical (unpaired) electrons. The van der Waals surface area contributed by atoms with Crippen molar-refractivity contribution in [3.05, 3.63) is 153 Å². The largest absolute Gasteiger partial charge is 0.496 e. The second-order valence-corrected chi connectivity index (χ2v) is 22.4. The molecule has 18 N–H and O–H groups in total. The van der Waals surface area contributed by atoms with Gasteiger partial charge in [0.2, 0.25) is 0 Å². The summed E-state index contributed by atoms with van der Waals surface area (Å²) in [4.78, 5) is 127. The molecule has 0 aliphatic heterocycles. The Morgan fingerprint density at radius 2 is 0.779 bits per heavy atom. The minimum atomic E-state index is -1.35. The number of para-hydroxylation sites is 1. The Labute approximate surface area is 548 Å². The summed E-state index contributed by atoms with van der Waals surface area (Å²) >= 11 is 0. The van der Waals surface area contributed by atoms with Crippen LogP contribution in [0.3, 0.4) is 0 Å². The SMILES string of the molecule is COc1ccc(CC(=O)[C@H](CCCNC(=N)N)NC(=O)c2cc(CC(=O)[C@H](CCCNC(=N)N)NC(=O)c3cc(CC(=O)[C@H](CCCNC(=N)N)NC(=O)c4cc(CC(C)=O)ccc4OC)ccc3OC)ccc2OC)cc1C(=O)N[C@@H](Cc1c[nH]c2ccccc12)C(=O)O. The molecule has 0 saturated carbocycles. The van der Waals surface area contributed by atoms with Crippen molar-refractivity contribution < 1.29 is 67.2 Å². The lowest BCUT2D eigenvalue weighted by Crippen LogP contribution is -2.43. The fraction of sp³-hybridized carbons (Fsp3) is 0.343. The fourth-order valence-electron chi connectivity index (χ4n) is 10.6. The molecule has 4 amide bonds. The molecule has 0 spiro atoms. The van der Waals surface area contributed by atoms with Crippen molar-refractivity contribution >= 4 is 81.5 Å². The zero-order valence-electron chi connectivity index (χ0n) is 53.5. The average molecular weight is 1310 g/mol. The number of carboxylic acid groups (broad SMARTS) is 1. The monoisotopic (exact) mass is 1310 g/mol. The Morgan fingerprint density at radius 1 is 0.463 bits per heavy atom. The third-order valence-electron chi connectivity index (χ3n) is 15.4. The van der Waals surface area contributed by atoms with Gasteiger partial charge in [0.05, 0.1) is 68.8 Å². The van der Waals surface area contributed by atoms with E-state index < -0.39 is 71.1 Å². The number of hydrogen-bond acceptors (Lipinski definition) is 16. The number of nitrogens with one attached hydrogen (secondary N) is 11. The quantitative estimate of drug-likeness (QED) is 0.0150. The van der Waals surface area contributed by atoms with Crippen molar-refractivity contribution in [1.82, 2.24) is 42.2 Å². The van der Waals surface area contributed by atoms with Gasteiger partial charge < -0.3 is 83.5 Å². The first-order chi connectivity index (χ1) is 45.4. The Kier molecular flexibility index (Phi) is 27.2. The van der Waals surface area contributed by atoms with Gasteiger partial charge in [-0.3, -0.25) is 54.6 Å². The van der Waals surface area contributed by atoms with Gasteiger partial charge in [-0.2, -0.15) is 0 Å². The first-order valence-corrected chi connectivity index (χ1v) is 30.4. The molecule has 6 aromatic rings. The molecule has 504 valence electrons. The van der Waals surface area contributed by atoms with Crippen LogP contribution in [0.25, 0.3) is 10.9 Å². The molecule has 0 aliphatic rings. The summed E-state index contributed by atoms with van der Waals surface area (Å²) in [6.45, 7) is 1.94. The molecule has 95 heavy (non-hydrogen) atoms. The van der Waals surface area contributed by atoms with E-state index >= 15 is 0 Å². The number of methoxy groups -OCH3 is 4. The van der Waals surface area contributed by atoms with Gasteiger partial charge in [-0.15, -0.1) is 0 Å². The van der Waals surface area contributed by atoms with E-state index in [1.807, 2.05) is 24.3 Å².